The maximum Gasteiger partial charge on any atom is 0.306 e. The van der Waals surface area contributed by atoms with Crippen LogP contribution in [-0.4, -0.2) is 27.6 Å². The number of aromatic nitrogens is 2. The second-order valence-electron chi connectivity index (χ2n) is 6.97. The van der Waals surface area contributed by atoms with Crippen molar-refractivity contribution in [2.75, 3.05) is 7.11 Å². The monoisotopic (exact) mass is 407 g/mol. The summed E-state index contributed by atoms with van der Waals surface area (Å²) in [5, 5.41) is 10.8. The molecule has 1 atom stereocenters. The van der Waals surface area contributed by atoms with Crippen molar-refractivity contribution >= 4 is 11.7 Å². The summed E-state index contributed by atoms with van der Waals surface area (Å²) in [6.07, 6.45) is 3.22. The molecule has 1 unspecified atom stereocenters. The van der Waals surface area contributed by atoms with Gasteiger partial charge in [-0.3, -0.25) is 24.3 Å². The molecule has 0 aliphatic carbocycles. The first kappa shape index (κ1) is 20.9. The van der Waals surface area contributed by atoms with Crippen LogP contribution in [0.5, 0.6) is 0 Å². The minimum Gasteiger partial charge on any atom is -0.469 e. The van der Waals surface area contributed by atoms with Crippen LogP contribution < -0.4 is 5.56 Å². The van der Waals surface area contributed by atoms with Crippen LogP contribution in [0.25, 0.3) is 11.1 Å². The molecule has 0 fully saturated rings. The normalized spacial score (nSPS) is 11.7. The fourth-order valence-corrected chi connectivity index (χ4v) is 3.12. The van der Waals surface area contributed by atoms with Crippen molar-refractivity contribution in [3.05, 3.63) is 92.7 Å². The van der Waals surface area contributed by atoms with Gasteiger partial charge in [0.2, 0.25) is 0 Å². The third kappa shape index (κ3) is 4.78. The van der Waals surface area contributed by atoms with E-state index < -0.39 is 4.92 Å². The molecule has 0 radical (unpaired) electrons. The van der Waals surface area contributed by atoms with Crippen LogP contribution in [0.1, 0.15) is 30.4 Å². The SMILES string of the molecule is COC(=O)CC(C)c1ccc(Cn2cncc(-c3ccc([N+](=O)[O-])cc3)c2=O)cc1. The van der Waals surface area contributed by atoms with Gasteiger partial charge in [0.05, 0.1) is 36.9 Å². The van der Waals surface area contributed by atoms with Gasteiger partial charge in [0.15, 0.2) is 0 Å². The molecule has 8 heteroatoms. The summed E-state index contributed by atoms with van der Waals surface area (Å²) in [7, 11) is 1.37. The average molecular weight is 407 g/mol. The summed E-state index contributed by atoms with van der Waals surface area (Å²) in [4.78, 5) is 38.8. The van der Waals surface area contributed by atoms with Crippen molar-refractivity contribution in [1.82, 2.24) is 9.55 Å². The first-order valence-electron chi connectivity index (χ1n) is 9.34. The Labute approximate surface area is 172 Å². The number of carbonyl (C=O) groups is 1. The molecule has 0 aliphatic heterocycles. The van der Waals surface area contributed by atoms with Gasteiger partial charge in [-0.2, -0.15) is 0 Å². The second-order valence-corrected chi connectivity index (χ2v) is 6.97. The summed E-state index contributed by atoms with van der Waals surface area (Å²) in [6.45, 7) is 2.28. The molecule has 2 aromatic carbocycles. The van der Waals surface area contributed by atoms with E-state index in [9.17, 15) is 19.7 Å². The Hall–Kier alpha value is -3.81. The van der Waals surface area contributed by atoms with E-state index in [1.54, 1.807) is 12.1 Å². The highest BCUT2D eigenvalue weighted by molar-refractivity contribution is 5.70. The molecular formula is C22H21N3O5. The minimum absolute atomic E-state index is 0.0290. The van der Waals surface area contributed by atoms with E-state index in [0.717, 1.165) is 11.1 Å². The van der Waals surface area contributed by atoms with Crippen LogP contribution in [0.2, 0.25) is 0 Å². The van der Waals surface area contributed by atoms with Crippen LogP contribution in [0.15, 0.2) is 65.8 Å². The molecule has 0 saturated heterocycles. The molecule has 0 bridgehead atoms. The maximum atomic E-state index is 12.9. The van der Waals surface area contributed by atoms with Crippen molar-refractivity contribution < 1.29 is 14.5 Å². The lowest BCUT2D eigenvalue weighted by Crippen LogP contribution is -2.22. The standard InChI is InChI=1S/C22H21N3O5/c1-15(11-21(26)30-2)17-5-3-16(4-6-17)13-24-14-23-12-20(22(24)27)18-7-9-19(10-8-18)25(28)29/h3-10,12,14-15H,11,13H2,1-2H3. The van der Waals surface area contributed by atoms with E-state index in [2.05, 4.69) is 4.98 Å². The van der Waals surface area contributed by atoms with E-state index in [1.807, 2.05) is 31.2 Å². The number of nitro groups is 1. The van der Waals surface area contributed by atoms with Gasteiger partial charge in [-0.05, 0) is 34.7 Å². The molecule has 3 aromatic rings. The molecule has 1 aromatic heterocycles. The highest BCUT2D eigenvalue weighted by atomic mass is 16.6. The van der Waals surface area contributed by atoms with Gasteiger partial charge in [-0.1, -0.05) is 31.2 Å². The summed E-state index contributed by atoms with van der Waals surface area (Å²) in [5.41, 5.74) is 2.59. The Morgan fingerprint density at radius 3 is 2.43 bits per heavy atom. The van der Waals surface area contributed by atoms with Crippen molar-refractivity contribution in [1.29, 1.82) is 0 Å². The van der Waals surface area contributed by atoms with Gasteiger partial charge in [0, 0.05) is 18.3 Å². The summed E-state index contributed by atoms with van der Waals surface area (Å²) in [5.74, 6) is -0.228. The number of ether oxygens (including phenoxy) is 1. The predicted octanol–water partition coefficient (Wildman–Crippen LogP) is 3.53. The van der Waals surface area contributed by atoms with E-state index in [4.69, 9.17) is 4.74 Å². The Morgan fingerprint density at radius 2 is 1.83 bits per heavy atom. The van der Waals surface area contributed by atoms with Crippen molar-refractivity contribution in [2.45, 2.75) is 25.8 Å². The number of hydrogen-bond donors (Lipinski definition) is 0. The van der Waals surface area contributed by atoms with Crippen LogP contribution >= 0.6 is 0 Å². The van der Waals surface area contributed by atoms with Gasteiger partial charge in [0.1, 0.15) is 0 Å². The minimum atomic E-state index is -0.485. The lowest BCUT2D eigenvalue weighted by atomic mass is 9.97. The Morgan fingerprint density at radius 1 is 1.17 bits per heavy atom. The molecule has 0 N–H and O–H groups in total. The number of esters is 1. The first-order valence-corrected chi connectivity index (χ1v) is 9.34. The number of hydrogen-bond acceptors (Lipinski definition) is 6. The lowest BCUT2D eigenvalue weighted by molar-refractivity contribution is -0.384. The summed E-state index contributed by atoms with van der Waals surface area (Å²) >= 11 is 0. The number of non-ortho nitro benzene ring substituents is 1. The van der Waals surface area contributed by atoms with Crippen molar-refractivity contribution in [3.8, 4) is 11.1 Å². The van der Waals surface area contributed by atoms with E-state index in [1.165, 1.54) is 36.3 Å². The first-order chi connectivity index (χ1) is 14.4. The van der Waals surface area contributed by atoms with Crippen LogP contribution in [-0.2, 0) is 16.1 Å². The zero-order chi connectivity index (χ0) is 21.7. The summed E-state index contributed by atoms with van der Waals surface area (Å²) < 4.78 is 6.20. The highest BCUT2D eigenvalue weighted by Gasteiger charge is 2.13. The molecule has 0 aliphatic rings. The molecule has 0 saturated carbocycles. The third-order valence-electron chi connectivity index (χ3n) is 4.89. The van der Waals surface area contributed by atoms with Gasteiger partial charge in [-0.25, -0.2) is 4.98 Å². The number of benzene rings is 2. The largest absolute Gasteiger partial charge is 0.469 e. The number of nitrogens with zero attached hydrogens (tertiary/aromatic N) is 3. The molecular weight excluding hydrogens is 386 g/mol. The van der Waals surface area contributed by atoms with Crippen LogP contribution in [0.4, 0.5) is 5.69 Å². The van der Waals surface area contributed by atoms with Crippen LogP contribution in [0.3, 0.4) is 0 Å². The Balaban J connectivity index is 1.79. The molecule has 154 valence electrons. The second kappa shape index (κ2) is 9.13. The summed E-state index contributed by atoms with van der Waals surface area (Å²) in [6, 6.07) is 13.5. The number of rotatable bonds is 7. The Kier molecular flexibility index (Phi) is 6.36. The van der Waals surface area contributed by atoms with E-state index in [-0.39, 0.29) is 23.1 Å². The number of nitro benzene ring substituents is 1. The van der Waals surface area contributed by atoms with Crippen molar-refractivity contribution in [3.63, 3.8) is 0 Å². The highest BCUT2D eigenvalue weighted by Crippen LogP contribution is 2.21. The van der Waals surface area contributed by atoms with E-state index in [0.29, 0.717) is 24.1 Å². The Bertz CT molecular complexity index is 1100. The third-order valence-corrected chi connectivity index (χ3v) is 4.89. The maximum absolute atomic E-state index is 12.9. The number of carbonyl (C=O) groups excluding carboxylic acids is 1. The van der Waals surface area contributed by atoms with Gasteiger partial charge in [-0.15, -0.1) is 0 Å². The molecule has 1 heterocycles. The van der Waals surface area contributed by atoms with E-state index >= 15 is 0 Å². The van der Waals surface area contributed by atoms with Gasteiger partial charge < -0.3 is 4.74 Å². The lowest BCUT2D eigenvalue weighted by Gasteiger charge is -2.12. The van der Waals surface area contributed by atoms with Gasteiger partial charge >= 0.3 is 5.97 Å². The molecule has 0 amide bonds. The smallest absolute Gasteiger partial charge is 0.306 e. The predicted molar refractivity (Wildman–Crippen MR) is 111 cm³/mol. The quantitative estimate of drug-likeness (QED) is 0.337. The zero-order valence-corrected chi connectivity index (χ0v) is 16.6. The number of methoxy groups -OCH3 is 1. The average Bonchev–Trinajstić information content (AvgIpc) is 2.75. The molecule has 3 rings (SSSR count). The van der Waals surface area contributed by atoms with Crippen LogP contribution in [0, 0.1) is 10.1 Å². The molecule has 8 nitrogen and oxygen atoms in total. The van der Waals surface area contributed by atoms with Gasteiger partial charge in [0.25, 0.3) is 11.2 Å². The molecule has 0 spiro atoms. The zero-order valence-electron chi connectivity index (χ0n) is 16.6. The van der Waals surface area contributed by atoms with Crippen molar-refractivity contribution in [2.24, 2.45) is 0 Å². The molecule has 30 heavy (non-hydrogen) atoms. The fraction of sp³-hybridized carbons (Fsp3) is 0.227. The fourth-order valence-electron chi connectivity index (χ4n) is 3.12. The topological polar surface area (TPSA) is 104 Å².